The first-order valence-corrected chi connectivity index (χ1v) is 6.60. The largest absolute Gasteiger partial charge is 0.309 e. The molecule has 1 N–H and O–H groups in total. The van der Waals surface area contributed by atoms with Gasteiger partial charge in [0.05, 0.1) is 6.04 Å². The van der Waals surface area contributed by atoms with E-state index in [0.29, 0.717) is 10.6 Å². The molecule has 1 atom stereocenters. The lowest BCUT2D eigenvalue weighted by Crippen LogP contribution is -2.20. The summed E-state index contributed by atoms with van der Waals surface area (Å²) in [4.78, 5) is 0. The van der Waals surface area contributed by atoms with E-state index in [0.717, 1.165) is 16.7 Å². The minimum absolute atomic E-state index is 0.183. The van der Waals surface area contributed by atoms with Crippen molar-refractivity contribution in [1.82, 2.24) is 5.32 Å². The maximum absolute atomic E-state index is 14.3. The zero-order valence-corrected chi connectivity index (χ0v) is 12.1. The van der Waals surface area contributed by atoms with Crippen molar-refractivity contribution in [3.05, 3.63) is 69.5 Å². The first kappa shape index (κ1) is 14.0. The quantitative estimate of drug-likeness (QED) is 0.876. The van der Waals surface area contributed by atoms with Gasteiger partial charge in [0.25, 0.3) is 0 Å². The van der Waals surface area contributed by atoms with Crippen LogP contribution in [0.1, 0.15) is 28.3 Å². The normalized spacial score (nSPS) is 12.5. The van der Waals surface area contributed by atoms with Gasteiger partial charge in [0.15, 0.2) is 0 Å². The van der Waals surface area contributed by atoms with Crippen molar-refractivity contribution in [2.75, 3.05) is 7.05 Å². The van der Waals surface area contributed by atoms with Gasteiger partial charge in [-0.25, -0.2) is 4.39 Å². The van der Waals surface area contributed by atoms with Crippen molar-refractivity contribution < 1.29 is 4.39 Å². The van der Waals surface area contributed by atoms with Gasteiger partial charge in [-0.05, 0) is 55.8 Å². The van der Waals surface area contributed by atoms with Gasteiger partial charge in [0.1, 0.15) is 5.82 Å². The molecule has 2 rings (SSSR count). The molecule has 0 aliphatic carbocycles. The second-order valence-corrected chi connectivity index (χ2v) is 5.19. The van der Waals surface area contributed by atoms with Crippen molar-refractivity contribution in [2.24, 2.45) is 0 Å². The van der Waals surface area contributed by atoms with Gasteiger partial charge in [-0.15, -0.1) is 0 Å². The van der Waals surface area contributed by atoms with Gasteiger partial charge in [-0.3, -0.25) is 0 Å². The van der Waals surface area contributed by atoms with E-state index in [1.54, 1.807) is 6.07 Å². The molecule has 0 aliphatic rings. The van der Waals surface area contributed by atoms with E-state index in [2.05, 4.69) is 5.32 Å². The molecule has 100 valence electrons. The summed E-state index contributed by atoms with van der Waals surface area (Å²) in [6.07, 6.45) is 0. The lowest BCUT2D eigenvalue weighted by Gasteiger charge is -2.21. The van der Waals surface area contributed by atoms with Crippen LogP contribution in [0.3, 0.4) is 0 Å². The molecule has 1 nitrogen and oxygen atoms in total. The summed E-state index contributed by atoms with van der Waals surface area (Å²) in [6, 6.07) is 10.9. The van der Waals surface area contributed by atoms with Gasteiger partial charge >= 0.3 is 0 Å². The molecule has 0 saturated heterocycles. The topological polar surface area (TPSA) is 12.0 Å². The first-order valence-electron chi connectivity index (χ1n) is 6.22. The van der Waals surface area contributed by atoms with Crippen LogP contribution in [-0.4, -0.2) is 7.05 Å². The average molecular weight is 278 g/mol. The van der Waals surface area contributed by atoms with Crippen LogP contribution >= 0.6 is 11.6 Å². The Kier molecular flexibility index (Phi) is 4.23. The van der Waals surface area contributed by atoms with Gasteiger partial charge in [-0.2, -0.15) is 0 Å². The highest BCUT2D eigenvalue weighted by atomic mass is 35.5. The van der Waals surface area contributed by atoms with Crippen molar-refractivity contribution >= 4 is 11.6 Å². The highest BCUT2D eigenvalue weighted by molar-refractivity contribution is 6.30. The molecule has 2 aromatic rings. The van der Waals surface area contributed by atoms with E-state index in [1.165, 1.54) is 0 Å². The number of hydrogen-bond donors (Lipinski definition) is 1. The molecule has 2 aromatic carbocycles. The molecular formula is C16H17ClFN. The van der Waals surface area contributed by atoms with Crippen LogP contribution in [0.15, 0.2) is 36.4 Å². The average Bonchev–Trinajstić information content (AvgIpc) is 2.33. The van der Waals surface area contributed by atoms with Crippen LogP contribution in [0.5, 0.6) is 0 Å². The maximum atomic E-state index is 14.3. The molecule has 0 fully saturated rings. The Morgan fingerprint density at radius 2 is 1.89 bits per heavy atom. The smallest absolute Gasteiger partial charge is 0.128 e. The number of rotatable bonds is 3. The lowest BCUT2D eigenvalue weighted by atomic mass is 9.93. The minimum atomic E-state index is -0.195. The van der Waals surface area contributed by atoms with Crippen LogP contribution in [0.4, 0.5) is 4.39 Å². The standard InChI is InChI=1S/C16H17ClFN/c1-10-7-11(2)15(14(18)8-10)16(19-3)12-5-4-6-13(17)9-12/h4-9,16,19H,1-3H3. The monoisotopic (exact) mass is 277 g/mol. The zero-order chi connectivity index (χ0) is 14.0. The van der Waals surface area contributed by atoms with Crippen molar-refractivity contribution in [2.45, 2.75) is 19.9 Å². The molecule has 0 saturated carbocycles. The number of nitrogens with one attached hydrogen (secondary N) is 1. The van der Waals surface area contributed by atoms with Gasteiger partial charge < -0.3 is 5.32 Å². The Morgan fingerprint density at radius 3 is 2.47 bits per heavy atom. The predicted octanol–water partition coefficient (Wildman–Crippen LogP) is 4.40. The lowest BCUT2D eigenvalue weighted by molar-refractivity contribution is 0.572. The van der Waals surface area contributed by atoms with E-state index in [-0.39, 0.29) is 11.9 Å². The predicted molar refractivity (Wildman–Crippen MR) is 78.2 cm³/mol. The van der Waals surface area contributed by atoms with Crippen LogP contribution < -0.4 is 5.32 Å². The summed E-state index contributed by atoms with van der Waals surface area (Å²) < 4.78 is 14.3. The summed E-state index contributed by atoms with van der Waals surface area (Å²) in [5, 5.41) is 3.82. The van der Waals surface area contributed by atoms with Crippen molar-refractivity contribution in [3.63, 3.8) is 0 Å². The molecule has 0 heterocycles. The van der Waals surface area contributed by atoms with Crippen LogP contribution in [0.25, 0.3) is 0 Å². The third-order valence-corrected chi connectivity index (χ3v) is 3.48. The fourth-order valence-electron chi connectivity index (χ4n) is 2.46. The molecule has 0 aliphatic heterocycles. The second kappa shape index (κ2) is 5.72. The van der Waals surface area contributed by atoms with Crippen molar-refractivity contribution in [1.29, 1.82) is 0 Å². The first-order chi connectivity index (χ1) is 9.02. The summed E-state index contributed by atoms with van der Waals surface area (Å²) in [7, 11) is 1.82. The molecule has 3 heteroatoms. The Labute approximate surface area is 118 Å². The molecule has 0 aromatic heterocycles. The summed E-state index contributed by atoms with van der Waals surface area (Å²) in [5.74, 6) is -0.183. The van der Waals surface area contributed by atoms with Crippen molar-refractivity contribution in [3.8, 4) is 0 Å². The molecule has 0 spiro atoms. The molecule has 19 heavy (non-hydrogen) atoms. The maximum Gasteiger partial charge on any atom is 0.128 e. The van der Waals surface area contributed by atoms with Gasteiger partial charge in [0.2, 0.25) is 0 Å². The third kappa shape index (κ3) is 2.96. The van der Waals surface area contributed by atoms with E-state index < -0.39 is 0 Å². The zero-order valence-electron chi connectivity index (χ0n) is 11.3. The van der Waals surface area contributed by atoms with E-state index in [4.69, 9.17) is 11.6 Å². The number of aryl methyl sites for hydroxylation is 2. The van der Waals surface area contributed by atoms with E-state index in [9.17, 15) is 4.39 Å². The molecule has 0 radical (unpaired) electrons. The molecule has 1 unspecified atom stereocenters. The fraction of sp³-hybridized carbons (Fsp3) is 0.250. The summed E-state index contributed by atoms with van der Waals surface area (Å²) in [5.41, 5.74) is 3.51. The Bertz CT molecular complexity index is 572. The summed E-state index contributed by atoms with van der Waals surface area (Å²) in [6.45, 7) is 3.83. The number of hydrogen-bond acceptors (Lipinski definition) is 1. The Hall–Kier alpha value is -1.38. The second-order valence-electron chi connectivity index (χ2n) is 4.75. The Balaban J connectivity index is 2.54. The fourth-order valence-corrected chi connectivity index (χ4v) is 2.66. The van der Waals surface area contributed by atoms with Crippen LogP contribution in [-0.2, 0) is 0 Å². The van der Waals surface area contributed by atoms with Crippen LogP contribution in [0, 0.1) is 19.7 Å². The molecule has 0 bridgehead atoms. The van der Waals surface area contributed by atoms with Gasteiger partial charge in [-0.1, -0.05) is 29.8 Å². The Morgan fingerprint density at radius 1 is 1.16 bits per heavy atom. The van der Waals surface area contributed by atoms with Gasteiger partial charge in [0, 0.05) is 10.6 Å². The summed E-state index contributed by atoms with van der Waals surface area (Å²) >= 11 is 6.02. The number of benzene rings is 2. The third-order valence-electron chi connectivity index (χ3n) is 3.24. The highest BCUT2D eigenvalue weighted by Crippen LogP contribution is 2.29. The van der Waals surface area contributed by atoms with E-state index in [1.807, 2.05) is 51.2 Å². The molecular weight excluding hydrogens is 261 g/mol. The van der Waals surface area contributed by atoms with E-state index >= 15 is 0 Å². The number of halogens is 2. The molecule has 0 amide bonds. The highest BCUT2D eigenvalue weighted by Gasteiger charge is 2.19. The van der Waals surface area contributed by atoms with Crippen LogP contribution in [0.2, 0.25) is 5.02 Å². The minimum Gasteiger partial charge on any atom is -0.309 e. The SMILES string of the molecule is CNC(c1cccc(Cl)c1)c1c(C)cc(C)cc1F.